The summed E-state index contributed by atoms with van der Waals surface area (Å²) in [4.78, 5) is 13.3. The first-order valence-corrected chi connectivity index (χ1v) is 7.90. The number of piperidine rings is 1. The molecule has 0 aliphatic carbocycles. The summed E-state index contributed by atoms with van der Waals surface area (Å²) in [7, 11) is 0. The van der Waals surface area contributed by atoms with Gasteiger partial charge in [0.25, 0.3) is 0 Å². The topological polar surface area (TPSA) is 40.5 Å². The molecule has 0 radical (unpaired) electrons. The van der Waals surface area contributed by atoms with Gasteiger partial charge in [-0.2, -0.15) is 0 Å². The number of aliphatic carboxylic acids is 1. The fourth-order valence-corrected chi connectivity index (χ4v) is 3.18. The molecule has 3 heteroatoms. The van der Waals surface area contributed by atoms with Gasteiger partial charge >= 0.3 is 5.97 Å². The molecule has 0 bridgehead atoms. The minimum atomic E-state index is -0.897. The zero-order chi connectivity index (χ0) is 15.2. The van der Waals surface area contributed by atoms with Crippen LogP contribution in [0, 0.1) is 6.92 Å². The van der Waals surface area contributed by atoms with Crippen LogP contribution in [-0.4, -0.2) is 23.7 Å². The molecule has 1 aromatic carbocycles. The molecule has 1 atom stereocenters. The minimum absolute atomic E-state index is 0.587. The van der Waals surface area contributed by atoms with E-state index < -0.39 is 5.97 Å². The summed E-state index contributed by atoms with van der Waals surface area (Å²) in [5.41, 5.74) is 3.35. The van der Waals surface area contributed by atoms with Crippen LogP contribution in [0.2, 0.25) is 0 Å². The summed E-state index contributed by atoms with van der Waals surface area (Å²) in [6.45, 7) is 5.34. The van der Waals surface area contributed by atoms with Crippen LogP contribution in [0.5, 0.6) is 0 Å². The Hall–Kier alpha value is -1.77. The zero-order valence-corrected chi connectivity index (χ0v) is 13.0. The van der Waals surface area contributed by atoms with Gasteiger partial charge in [-0.25, -0.2) is 4.79 Å². The van der Waals surface area contributed by atoms with Gasteiger partial charge in [0, 0.05) is 24.4 Å². The summed E-state index contributed by atoms with van der Waals surface area (Å²) in [6.07, 6.45) is 9.11. The predicted octanol–water partition coefficient (Wildman–Crippen LogP) is 4.25. The van der Waals surface area contributed by atoms with Crippen LogP contribution in [0.25, 0.3) is 6.08 Å². The number of carboxylic acid groups (broad SMARTS) is 1. The number of benzene rings is 1. The SMILES string of the molecule is CCCC1CCCCN1c1ccc(C)cc1/C=C/C(=O)O. The van der Waals surface area contributed by atoms with Gasteiger partial charge in [-0.1, -0.05) is 25.0 Å². The van der Waals surface area contributed by atoms with E-state index in [0.717, 1.165) is 17.7 Å². The Morgan fingerprint density at radius 2 is 2.24 bits per heavy atom. The molecule has 1 aliphatic rings. The van der Waals surface area contributed by atoms with Gasteiger partial charge in [0.2, 0.25) is 0 Å². The van der Waals surface area contributed by atoms with Crippen molar-refractivity contribution < 1.29 is 9.90 Å². The summed E-state index contributed by atoms with van der Waals surface area (Å²) in [6, 6.07) is 6.92. The number of rotatable bonds is 5. The van der Waals surface area contributed by atoms with Gasteiger partial charge in [-0.05, 0) is 56.4 Å². The molecule has 1 saturated heterocycles. The van der Waals surface area contributed by atoms with Crippen molar-refractivity contribution in [1.82, 2.24) is 0 Å². The van der Waals surface area contributed by atoms with Crippen molar-refractivity contribution in [2.24, 2.45) is 0 Å². The van der Waals surface area contributed by atoms with Crippen LogP contribution in [-0.2, 0) is 4.79 Å². The average Bonchev–Trinajstić information content (AvgIpc) is 2.46. The molecule has 1 fully saturated rings. The lowest BCUT2D eigenvalue weighted by Gasteiger charge is -2.38. The molecule has 21 heavy (non-hydrogen) atoms. The van der Waals surface area contributed by atoms with E-state index in [9.17, 15) is 4.79 Å². The summed E-state index contributed by atoms with van der Waals surface area (Å²) >= 11 is 0. The van der Waals surface area contributed by atoms with E-state index >= 15 is 0 Å². The number of nitrogens with zero attached hydrogens (tertiary/aromatic N) is 1. The molecule has 0 saturated carbocycles. The van der Waals surface area contributed by atoms with Gasteiger partial charge < -0.3 is 10.0 Å². The van der Waals surface area contributed by atoms with E-state index in [1.165, 1.54) is 43.9 Å². The monoisotopic (exact) mass is 287 g/mol. The highest BCUT2D eigenvalue weighted by Gasteiger charge is 2.23. The molecule has 1 aliphatic heterocycles. The van der Waals surface area contributed by atoms with Crippen molar-refractivity contribution in [3.05, 3.63) is 35.4 Å². The molecule has 3 nitrogen and oxygen atoms in total. The Bertz CT molecular complexity index is 520. The maximum Gasteiger partial charge on any atom is 0.328 e. The smallest absolute Gasteiger partial charge is 0.328 e. The first-order valence-electron chi connectivity index (χ1n) is 7.90. The van der Waals surface area contributed by atoms with Crippen molar-refractivity contribution >= 4 is 17.7 Å². The molecule has 2 rings (SSSR count). The largest absolute Gasteiger partial charge is 0.478 e. The van der Waals surface area contributed by atoms with E-state index in [0.29, 0.717) is 6.04 Å². The van der Waals surface area contributed by atoms with Gasteiger partial charge in [0.15, 0.2) is 0 Å². The lowest BCUT2D eigenvalue weighted by atomic mass is 9.96. The molecule has 1 heterocycles. The lowest BCUT2D eigenvalue weighted by molar-refractivity contribution is -0.131. The number of hydrogen-bond acceptors (Lipinski definition) is 2. The van der Waals surface area contributed by atoms with Crippen molar-refractivity contribution in [3.8, 4) is 0 Å². The third-order valence-corrected chi connectivity index (χ3v) is 4.15. The fraction of sp³-hybridized carbons (Fsp3) is 0.500. The van der Waals surface area contributed by atoms with Crippen LogP contribution in [0.15, 0.2) is 24.3 Å². The second-order valence-electron chi connectivity index (χ2n) is 5.87. The predicted molar refractivity (Wildman–Crippen MR) is 87.7 cm³/mol. The zero-order valence-electron chi connectivity index (χ0n) is 13.0. The highest BCUT2D eigenvalue weighted by Crippen LogP contribution is 2.31. The maximum absolute atomic E-state index is 10.8. The van der Waals surface area contributed by atoms with E-state index in [4.69, 9.17) is 5.11 Å². The standard InChI is InChI=1S/C18H25NO2/c1-3-6-16-7-4-5-12-19(16)17-10-8-14(2)13-15(17)9-11-18(20)21/h8-11,13,16H,3-7,12H2,1-2H3,(H,20,21)/b11-9+. The number of carboxylic acids is 1. The van der Waals surface area contributed by atoms with Gasteiger partial charge in [0.1, 0.15) is 0 Å². The quantitative estimate of drug-likeness (QED) is 0.823. The Morgan fingerprint density at radius 1 is 1.43 bits per heavy atom. The van der Waals surface area contributed by atoms with Crippen LogP contribution >= 0.6 is 0 Å². The van der Waals surface area contributed by atoms with Crippen molar-refractivity contribution in [2.45, 2.75) is 52.0 Å². The summed E-state index contributed by atoms with van der Waals surface area (Å²) < 4.78 is 0. The molecule has 0 aromatic heterocycles. The average molecular weight is 287 g/mol. The second kappa shape index (κ2) is 7.30. The Labute approximate surface area is 127 Å². The minimum Gasteiger partial charge on any atom is -0.478 e. The second-order valence-corrected chi connectivity index (χ2v) is 5.87. The first kappa shape index (κ1) is 15.6. The van der Waals surface area contributed by atoms with Crippen LogP contribution in [0.4, 0.5) is 5.69 Å². The summed E-state index contributed by atoms with van der Waals surface area (Å²) in [5, 5.41) is 8.88. The number of anilines is 1. The summed E-state index contributed by atoms with van der Waals surface area (Å²) in [5.74, 6) is -0.897. The van der Waals surface area contributed by atoms with Crippen LogP contribution < -0.4 is 4.90 Å². The van der Waals surface area contributed by atoms with Crippen LogP contribution in [0.3, 0.4) is 0 Å². The Morgan fingerprint density at radius 3 is 2.95 bits per heavy atom. The van der Waals surface area contributed by atoms with Crippen molar-refractivity contribution in [3.63, 3.8) is 0 Å². The molecule has 1 aromatic rings. The number of aryl methyl sites for hydroxylation is 1. The third kappa shape index (κ3) is 4.10. The highest BCUT2D eigenvalue weighted by atomic mass is 16.4. The number of carbonyl (C=O) groups is 1. The molecule has 1 N–H and O–H groups in total. The highest BCUT2D eigenvalue weighted by molar-refractivity contribution is 5.87. The normalized spacial score (nSPS) is 19.1. The molecule has 0 spiro atoms. The lowest BCUT2D eigenvalue weighted by Crippen LogP contribution is -2.39. The van der Waals surface area contributed by atoms with Gasteiger partial charge in [0.05, 0.1) is 0 Å². The maximum atomic E-state index is 10.8. The van der Waals surface area contributed by atoms with Crippen LogP contribution in [0.1, 0.15) is 50.2 Å². The van der Waals surface area contributed by atoms with E-state index in [1.807, 2.05) is 6.92 Å². The van der Waals surface area contributed by atoms with Crippen molar-refractivity contribution in [1.29, 1.82) is 0 Å². The van der Waals surface area contributed by atoms with E-state index in [1.54, 1.807) is 6.08 Å². The van der Waals surface area contributed by atoms with Crippen molar-refractivity contribution in [2.75, 3.05) is 11.4 Å². The van der Waals surface area contributed by atoms with Gasteiger partial charge in [-0.15, -0.1) is 0 Å². The molecular formula is C18H25NO2. The van der Waals surface area contributed by atoms with Gasteiger partial charge in [-0.3, -0.25) is 0 Å². The van der Waals surface area contributed by atoms with E-state index in [-0.39, 0.29) is 0 Å². The van der Waals surface area contributed by atoms with E-state index in [2.05, 4.69) is 30.0 Å². The molecule has 114 valence electrons. The fourth-order valence-electron chi connectivity index (χ4n) is 3.18. The molecule has 0 amide bonds. The third-order valence-electron chi connectivity index (χ3n) is 4.15. The Kier molecular flexibility index (Phi) is 5.43. The number of hydrogen-bond donors (Lipinski definition) is 1. The molecular weight excluding hydrogens is 262 g/mol. The first-order chi connectivity index (χ1) is 10.1. The molecule has 1 unspecified atom stereocenters. The Balaban J connectivity index is 2.34.